The summed E-state index contributed by atoms with van der Waals surface area (Å²) in [5.74, 6) is -1.01. The largest absolute Gasteiger partial charge is 0.481 e. The maximum absolute atomic E-state index is 12.3. The van der Waals surface area contributed by atoms with Gasteiger partial charge in [0.1, 0.15) is 0 Å². The van der Waals surface area contributed by atoms with Crippen molar-refractivity contribution in [1.82, 2.24) is 4.90 Å². The van der Waals surface area contributed by atoms with Gasteiger partial charge in [0.2, 0.25) is 0 Å². The van der Waals surface area contributed by atoms with E-state index in [2.05, 4.69) is 0 Å². The van der Waals surface area contributed by atoms with Gasteiger partial charge in [-0.3, -0.25) is 9.59 Å². The minimum absolute atomic E-state index is 0.158. The normalized spacial score (nSPS) is 23.2. The van der Waals surface area contributed by atoms with E-state index in [0.717, 1.165) is 0 Å². The molecule has 1 unspecified atom stereocenters. The Morgan fingerprint density at radius 2 is 2.16 bits per heavy atom. The molecule has 0 aromatic heterocycles. The zero-order chi connectivity index (χ0) is 14.0. The van der Waals surface area contributed by atoms with Gasteiger partial charge in [0.15, 0.2) is 0 Å². The molecule has 1 fully saturated rings. The lowest BCUT2D eigenvalue weighted by Crippen LogP contribution is -2.48. The molecule has 5 heteroatoms. The Morgan fingerprint density at radius 3 is 2.79 bits per heavy atom. The number of carbonyl (C=O) groups is 2. The Morgan fingerprint density at radius 1 is 1.42 bits per heavy atom. The lowest BCUT2D eigenvalue weighted by molar-refractivity contribution is -0.150. The summed E-state index contributed by atoms with van der Waals surface area (Å²) in [5, 5.41) is 9.76. The number of aliphatic carboxylic acids is 1. The number of hydrogen-bond donors (Lipinski definition) is 1. The van der Waals surface area contributed by atoms with Gasteiger partial charge in [0.25, 0.3) is 5.91 Å². The molecule has 0 radical (unpaired) electrons. The maximum Gasteiger partial charge on any atom is 0.311 e. The number of carbonyl (C=O) groups excluding carboxylic acids is 1. The number of benzene rings is 1. The molecule has 0 saturated carbocycles. The Labute approximate surface area is 117 Å². The average molecular weight is 282 g/mol. The minimum atomic E-state index is -0.855. The van der Waals surface area contributed by atoms with Gasteiger partial charge in [-0.2, -0.15) is 0 Å². The molecule has 0 bridgehead atoms. The highest BCUT2D eigenvalue weighted by atomic mass is 35.5. The number of hydrogen-bond acceptors (Lipinski definition) is 2. The van der Waals surface area contributed by atoms with E-state index in [1.807, 2.05) is 0 Å². The van der Waals surface area contributed by atoms with Crippen LogP contribution in [0.25, 0.3) is 0 Å². The summed E-state index contributed by atoms with van der Waals surface area (Å²) < 4.78 is 0. The molecule has 2 rings (SSSR count). The number of carboxylic acids is 1. The number of likely N-dealkylation sites (tertiary alicyclic amines) is 1. The van der Waals surface area contributed by atoms with Crippen LogP contribution in [0.2, 0.25) is 5.02 Å². The maximum atomic E-state index is 12.3. The zero-order valence-electron chi connectivity index (χ0n) is 10.7. The van der Waals surface area contributed by atoms with Crippen LogP contribution < -0.4 is 0 Å². The molecule has 1 aliphatic rings. The lowest BCUT2D eigenvalue weighted by atomic mass is 9.82. The summed E-state index contributed by atoms with van der Waals surface area (Å²) in [6, 6.07) is 6.73. The fourth-order valence-electron chi connectivity index (χ4n) is 2.39. The summed E-state index contributed by atoms with van der Waals surface area (Å²) >= 11 is 5.87. The van der Waals surface area contributed by atoms with Crippen molar-refractivity contribution in [2.24, 2.45) is 5.41 Å². The SMILES string of the molecule is CC1(C(=O)O)CCCN(C(=O)c2cccc(Cl)c2)C1. The predicted molar refractivity (Wildman–Crippen MR) is 72.3 cm³/mol. The van der Waals surface area contributed by atoms with Gasteiger partial charge in [-0.15, -0.1) is 0 Å². The van der Waals surface area contributed by atoms with Crippen molar-refractivity contribution < 1.29 is 14.7 Å². The second-order valence-corrected chi connectivity index (χ2v) is 5.64. The predicted octanol–water partition coefficient (Wildman–Crippen LogP) is 2.67. The van der Waals surface area contributed by atoms with Crippen LogP contribution >= 0.6 is 11.6 Å². The van der Waals surface area contributed by atoms with Crippen LogP contribution in [0.15, 0.2) is 24.3 Å². The molecule has 4 nitrogen and oxygen atoms in total. The van der Waals surface area contributed by atoms with E-state index < -0.39 is 11.4 Å². The number of amides is 1. The van der Waals surface area contributed by atoms with Crippen LogP contribution in [0.3, 0.4) is 0 Å². The molecule has 1 aromatic carbocycles. The highest BCUT2D eigenvalue weighted by Gasteiger charge is 2.39. The smallest absolute Gasteiger partial charge is 0.311 e. The fourth-order valence-corrected chi connectivity index (χ4v) is 2.58. The standard InChI is InChI=1S/C14H16ClNO3/c1-14(13(18)19)6-3-7-16(9-14)12(17)10-4-2-5-11(15)8-10/h2,4-5,8H,3,6-7,9H2,1H3,(H,18,19). The third-order valence-corrected chi connectivity index (χ3v) is 3.81. The van der Waals surface area contributed by atoms with Crippen molar-refractivity contribution in [3.8, 4) is 0 Å². The van der Waals surface area contributed by atoms with Crippen molar-refractivity contribution in [1.29, 1.82) is 0 Å². The molecule has 1 aromatic rings. The molecule has 19 heavy (non-hydrogen) atoms. The summed E-state index contributed by atoms with van der Waals surface area (Å²) in [5.41, 5.74) is -0.353. The van der Waals surface area contributed by atoms with Gasteiger partial charge in [-0.05, 0) is 38.0 Å². The van der Waals surface area contributed by atoms with Crippen LogP contribution in [-0.2, 0) is 4.79 Å². The molecule has 0 spiro atoms. The van der Waals surface area contributed by atoms with E-state index in [1.54, 1.807) is 36.1 Å². The molecular formula is C14H16ClNO3. The first kappa shape index (κ1) is 13.9. The average Bonchev–Trinajstić information content (AvgIpc) is 2.38. The molecular weight excluding hydrogens is 266 g/mol. The monoisotopic (exact) mass is 281 g/mol. The number of carboxylic acid groups (broad SMARTS) is 1. The third kappa shape index (κ3) is 2.89. The molecule has 1 amide bonds. The molecule has 1 atom stereocenters. The van der Waals surface area contributed by atoms with Gasteiger partial charge in [-0.1, -0.05) is 17.7 Å². The van der Waals surface area contributed by atoms with Crippen molar-refractivity contribution >= 4 is 23.5 Å². The number of halogens is 1. The first-order valence-electron chi connectivity index (χ1n) is 6.21. The van der Waals surface area contributed by atoms with E-state index in [1.165, 1.54) is 0 Å². The number of nitrogens with zero attached hydrogens (tertiary/aromatic N) is 1. The third-order valence-electron chi connectivity index (χ3n) is 3.57. The second kappa shape index (κ2) is 5.21. The van der Waals surface area contributed by atoms with E-state index in [4.69, 9.17) is 11.6 Å². The van der Waals surface area contributed by atoms with Gasteiger partial charge in [-0.25, -0.2) is 0 Å². The van der Waals surface area contributed by atoms with Crippen molar-refractivity contribution in [3.05, 3.63) is 34.9 Å². The summed E-state index contributed by atoms with van der Waals surface area (Å²) in [7, 11) is 0. The Kier molecular flexibility index (Phi) is 3.80. The summed E-state index contributed by atoms with van der Waals surface area (Å²) in [6.07, 6.45) is 1.30. The van der Waals surface area contributed by atoms with Crippen LogP contribution in [-0.4, -0.2) is 35.0 Å². The first-order chi connectivity index (χ1) is 8.92. The van der Waals surface area contributed by atoms with Crippen LogP contribution in [0, 0.1) is 5.41 Å². The molecule has 1 aliphatic heterocycles. The van der Waals surface area contributed by atoms with Gasteiger partial charge < -0.3 is 10.0 Å². The zero-order valence-corrected chi connectivity index (χ0v) is 11.5. The van der Waals surface area contributed by atoms with E-state index in [9.17, 15) is 14.7 Å². The topological polar surface area (TPSA) is 57.6 Å². The second-order valence-electron chi connectivity index (χ2n) is 5.21. The molecule has 102 valence electrons. The van der Waals surface area contributed by atoms with Gasteiger partial charge in [0.05, 0.1) is 5.41 Å². The summed E-state index contributed by atoms with van der Waals surface area (Å²) in [6.45, 7) is 2.52. The number of rotatable bonds is 2. The molecule has 1 N–H and O–H groups in total. The van der Waals surface area contributed by atoms with Crippen molar-refractivity contribution in [3.63, 3.8) is 0 Å². The highest BCUT2D eigenvalue weighted by Crippen LogP contribution is 2.30. The van der Waals surface area contributed by atoms with E-state index in [0.29, 0.717) is 30.0 Å². The van der Waals surface area contributed by atoms with Gasteiger partial charge in [0, 0.05) is 23.7 Å². The van der Waals surface area contributed by atoms with Crippen LogP contribution in [0.4, 0.5) is 0 Å². The molecule has 1 saturated heterocycles. The number of piperidine rings is 1. The van der Waals surface area contributed by atoms with Crippen LogP contribution in [0.5, 0.6) is 0 Å². The first-order valence-corrected chi connectivity index (χ1v) is 6.58. The highest BCUT2D eigenvalue weighted by molar-refractivity contribution is 6.30. The lowest BCUT2D eigenvalue weighted by Gasteiger charge is -2.37. The van der Waals surface area contributed by atoms with Crippen molar-refractivity contribution in [2.75, 3.05) is 13.1 Å². The summed E-state index contributed by atoms with van der Waals surface area (Å²) in [4.78, 5) is 25.2. The van der Waals surface area contributed by atoms with Crippen LogP contribution in [0.1, 0.15) is 30.1 Å². The Bertz CT molecular complexity index is 517. The Balaban J connectivity index is 2.18. The Hall–Kier alpha value is -1.55. The van der Waals surface area contributed by atoms with E-state index >= 15 is 0 Å². The molecule has 1 heterocycles. The quantitative estimate of drug-likeness (QED) is 0.907. The fraction of sp³-hybridized carbons (Fsp3) is 0.429. The van der Waals surface area contributed by atoms with E-state index in [-0.39, 0.29) is 12.5 Å². The van der Waals surface area contributed by atoms with Crippen molar-refractivity contribution in [2.45, 2.75) is 19.8 Å². The minimum Gasteiger partial charge on any atom is -0.481 e. The van der Waals surface area contributed by atoms with Gasteiger partial charge >= 0.3 is 5.97 Å². The molecule has 0 aliphatic carbocycles.